The summed E-state index contributed by atoms with van der Waals surface area (Å²) < 4.78 is 6.03. The van der Waals surface area contributed by atoms with Gasteiger partial charge in [0.15, 0.2) is 0 Å². The van der Waals surface area contributed by atoms with Crippen LogP contribution in [0, 0.1) is 28.6 Å². The number of benzene rings is 2. The SMILES string of the molecule is C[C@]12CC[C@H]3[C@@H](CC[C@]4(O)C[C@H](O)CC[C@]34/C=N/NC(=O)c3cccc(NC(=O)c4cccc(Br)c4)c3)[C@]1(O)CC[C@@H]2C1=CC(=O)OC1. The lowest BCUT2D eigenvalue weighted by molar-refractivity contribution is -0.237. The summed E-state index contributed by atoms with van der Waals surface area (Å²) in [6.45, 7) is 2.42. The van der Waals surface area contributed by atoms with Crippen molar-refractivity contribution in [3.8, 4) is 0 Å². The number of nitrogens with one attached hydrogen (secondary N) is 2. The molecular formula is C37H42BrN3O7. The Morgan fingerprint density at radius 1 is 0.958 bits per heavy atom. The summed E-state index contributed by atoms with van der Waals surface area (Å²) in [5.74, 6) is -1.30. The van der Waals surface area contributed by atoms with Gasteiger partial charge in [-0.25, -0.2) is 10.2 Å². The van der Waals surface area contributed by atoms with E-state index in [1.54, 1.807) is 54.8 Å². The monoisotopic (exact) mass is 719 g/mol. The molecule has 4 aliphatic carbocycles. The number of hydrazone groups is 1. The van der Waals surface area contributed by atoms with E-state index >= 15 is 0 Å². The summed E-state index contributed by atoms with van der Waals surface area (Å²) >= 11 is 3.38. The van der Waals surface area contributed by atoms with Gasteiger partial charge in [0.05, 0.1) is 17.3 Å². The number of amides is 2. The Morgan fingerprint density at radius 2 is 1.71 bits per heavy atom. The molecule has 254 valence electrons. The molecule has 48 heavy (non-hydrogen) atoms. The number of halogens is 1. The number of carbonyl (C=O) groups excluding carboxylic acids is 3. The molecule has 0 aromatic heterocycles. The van der Waals surface area contributed by atoms with Crippen LogP contribution in [0.5, 0.6) is 0 Å². The van der Waals surface area contributed by atoms with E-state index in [0.29, 0.717) is 55.3 Å². The fourth-order valence-electron chi connectivity index (χ4n) is 10.2. The summed E-state index contributed by atoms with van der Waals surface area (Å²) in [4.78, 5) is 38.0. The van der Waals surface area contributed by atoms with Crippen LogP contribution in [-0.4, -0.2) is 63.2 Å². The number of hydrogen-bond donors (Lipinski definition) is 5. The zero-order valence-electron chi connectivity index (χ0n) is 27.0. The van der Waals surface area contributed by atoms with Gasteiger partial charge >= 0.3 is 5.97 Å². The molecular weight excluding hydrogens is 678 g/mol. The van der Waals surface area contributed by atoms with Gasteiger partial charge in [0.2, 0.25) is 0 Å². The van der Waals surface area contributed by atoms with Crippen molar-refractivity contribution in [1.29, 1.82) is 0 Å². The maximum absolute atomic E-state index is 13.3. The molecule has 8 atom stereocenters. The van der Waals surface area contributed by atoms with Crippen LogP contribution in [0.1, 0.15) is 85.4 Å². The molecule has 1 aliphatic heterocycles. The molecule has 2 aromatic carbocycles. The molecule has 0 bridgehead atoms. The van der Waals surface area contributed by atoms with Crippen LogP contribution in [0.15, 0.2) is 69.8 Å². The van der Waals surface area contributed by atoms with Crippen molar-refractivity contribution >= 4 is 45.6 Å². The van der Waals surface area contributed by atoms with Crippen LogP contribution in [-0.2, 0) is 9.53 Å². The van der Waals surface area contributed by atoms with E-state index in [-0.39, 0.29) is 42.7 Å². The molecule has 4 saturated carbocycles. The second kappa shape index (κ2) is 12.2. The van der Waals surface area contributed by atoms with Gasteiger partial charge < -0.3 is 25.4 Å². The van der Waals surface area contributed by atoms with Crippen LogP contribution >= 0.6 is 15.9 Å². The topological polar surface area (TPSA) is 158 Å². The van der Waals surface area contributed by atoms with Gasteiger partial charge in [0.1, 0.15) is 6.61 Å². The first-order chi connectivity index (χ1) is 22.9. The van der Waals surface area contributed by atoms with E-state index < -0.39 is 34.0 Å². The molecule has 10 nitrogen and oxygen atoms in total. The number of cyclic esters (lactones) is 1. The number of ether oxygens (including phenoxy) is 1. The Kier molecular flexibility index (Phi) is 8.41. The number of esters is 1. The number of carbonyl (C=O) groups is 3. The Morgan fingerprint density at radius 3 is 2.46 bits per heavy atom. The molecule has 5 aliphatic rings. The third kappa shape index (κ3) is 5.34. The molecule has 1 heterocycles. The number of aliphatic hydroxyl groups excluding tert-OH is 1. The quantitative estimate of drug-likeness (QED) is 0.157. The molecule has 7 rings (SSSR count). The average molecular weight is 721 g/mol. The molecule has 2 amide bonds. The fourth-order valence-corrected chi connectivity index (χ4v) is 10.6. The maximum atomic E-state index is 13.3. The maximum Gasteiger partial charge on any atom is 0.331 e. The number of nitrogens with zero attached hydrogens (tertiary/aromatic N) is 1. The zero-order chi connectivity index (χ0) is 33.9. The average Bonchev–Trinajstić information content (AvgIpc) is 3.60. The lowest BCUT2D eigenvalue weighted by atomic mass is 9.41. The van der Waals surface area contributed by atoms with Gasteiger partial charge in [0.25, 0.3) is 11.8 Å². The van der Waals surface area contributed by atoms with E-state index in [2.05, 4.69) is 38.7 Å². The molecule has 0 saturated heterocycles. The van der Waals surface area contributed by atoms with Crippen LogP contribution in [0.2, 0.25) is 0 Å². The molecule has 0 spiro atoms. The highest BCUT2D eigenvalue weighted by Gasteiger charge is 2.71. The summed E-state index contributed by atoms with van der Waals surface area (Å²) in [5.41, 5.74) is 1.29. The minimum atomic E-state index is -1.24. The first-order valence-electron chi connectivity index (χ1n) is 16.9. The summed E-state index contributed by atoms with van der Waals surface area (Å²) in [6, 6.07) is 13.6. The van der Waals surface area contributed by atoms with Gasteiger partial charge in [-0.3, -0.25) is 9.59 Å². The van der Waals surface area contributed by atoms with Gasteiger partial charge in [0, 0.05) is 50.8 Å². The van der Waals surface area contributed by atoms with E-state index in [4.69, 9.17) is 4.74 Å². The van der Waals surface area contributed by atoms with Crippen LogP contribution < -0.4 is 10.7 Å². The largest absolute Gasteiger partial charge is 0.458 e. The highest BCUT2D eigenvalue weighted by molar-refractivity contribution is 9.10. The van der Waals surface area contributed by atoms with Crippen molar-refractivity contribution in [1.82, 2.24) is 5.43 Å². The van der Waals surface area contributed by atoms with Gasteiger partial charge in [-0.15, -0.1) is 0 Å². The van der Waals surface area contributed by atoms with Crippen molar-refractivity contribution in [2.75, 3.05) is 11.9 Å². The number of aliphatic hydroxyl groups is 3. The van der Waals surface area contributed by atoms with Crippen LogP contribution in [0.4, 0.5) is 5.69 Å². The number of hydrogen-bond acceptors (Lipinski definition) is 8. The third-order valence-corrected chi connectivity index (χ3v) is 13.1. The summed E-state index contributed by atoms with van der Waals surface area (Å²) in [5, 5.41) is 42.8. The minimum absolute atomic E-state index is 0.0444. The number of fused-ring (bicyclic) bond motifs is 5. The number of anilines is 1. The van der Waals surface area contributed by atoms with E-state index in [0.717, 1.165) is 22.9 Å². The predicted molar refractivity (Wildman–Crippen MR) is 182 cm³/mol. The van der Waals surface area contributed by atoms with Gasteiger partial charge in [-0.1, -0.05) is 35.0 Å². The van der Waals surface area contributed by atoms with Crippen LogP contribution in [0.25, 0.3) is 0 Å². The predicted octanol–water partition coefficient (Wildman–Crippen LogP) is 5.13. The minimum Gasteiger partial charge on any atom is -0.458 e. The van der Waals surface area contributed by atoms with Crippen molar-refractivity contribution in [2.24, 2.45) is 33.7 Å². The number of rotatable bonds is 6. The van der Waals surface area contributed by atoms with Gasteiger partial charge in [-0.05, 0) is 111 Å². The fraction of sp³-hybridized carbons (Fsp3) is 0.514. The molecule has 11 heteroatoms. The zero-order valence-corrected chi connectivity index (χ0v) is 28.5. The van der Waals surface area contributed by atoms with Crippen LogP contribution in [0.3, 0.4) is 0 Å². The van der Waals surface area contributed by atoms with Crippen molar-refractivity contribution in [3.05, 3.63) is 75.8 Å². The first kappa shape index (κ1) is 33.1. The Labute approximate surface area is 288 Å². The van der Waals surface area contributed by atoms with E-state index in [1.807, 2.05) is 6.07 Å². The standard InChI is InChI=1S/C37H42BrN3O7/c1-34-12-9-29-30(37(34,47)15-11-28(34)24-18-31(43)48-20-24)10-14-36(46)19-27(42)8-13-35(29,36)21-39-41-33(45)23-5-3-7-26(17-23)40-32(44)22-4-2-6-25(38)16-22/h2-7,16-18,21,27-30,42,46-47H,8-15,19-20H2,1H3,(H,40,44)(H,41,45)/b39-21+/t27-,28-,29+,30-,34-,35+,36+,37-/m1/s1. The van der Waals surface area contributed by atoms with Crippen molar-refractivity contribution in [3.63, 3.8) is 0 Å². The molecule has 4 fully saturated rings. The highest BCUT2D eigenvalue weighted by Crippen LogP contribution is 2.70. The van der Waals surface area contributed by atoms with Gasteiger partial charge in [-0.2, -0.15) is 5.10 Å². The van der Waals surface area contributed by atoms with Crippen molar-refractivity contribution in [2.45, 2.75) is 82.0 Å². The molecule has 5 N–H and O–H groups in total. The molecule has 0 radical (unpaired) electrons. The lowest BCUT2D eigenvalue weighted by Crippen LogP contribution is -2.68. The van der Waals surface area contributed by atoms with Crippen molar-refractivity contribution < 1.29 is 34.4 Å². The smallest absolute Gasteiger partial charge is 0.331 e. The highest BCUT2D eigenvalue weighted by atomic mass is 79.9. The second-order valence-electron chi connectivity index (χ2n) is 14.8. The normalized spacial score (nSPS) is 37.2. The summed E-state index contributed by atoms with van der Waals surface area (Å²) in [6.07, 6.45) is 7.64. The Bertz CT molecular complexity index is 1710. The summed E-state index contributed by atoms with van der Waals surface area (Å²) in [7, 11) is 0. The Hall–Kier alpha value is -3.38. The van der Waals surface area contributed by atoms with E-state index in [1.165, 1.54) is 0 Å². The lowest BCUT2D eigenvalue weighted by Gasteiger charge is -2.65. The molecule has 0 unspecified atom stereocenters. The Balaban J connectivity index is 1.12. The first-order valence-corrected chi connectivity index (χ1v) is 17.7. The third-order valence-electron chi connectivity index (χ3n) is 12.6. The second-order valence-corrected chi connectivity index (χ2v) is 15.7. The molecule has 2 aromatic rings. The van der Waals surface area contributed by atoms with E-state index in [9.17, 15) is 29.7 Å².